The van der Waals surface area contributed by atoms with Crippen LogP contribution in [0.3, 0.4) is 0 Å². The lowest BCUT2D eigenvalue weighted by Gasteiger charge is -2.26. The van der Waals surface area contributed by atoms with Gasteiger partial charge >= 0.3 is 0 Å². The largest absolute Gasteiger partial charge is 0.319 e. The molecule has 0 radical (unpaired) electrons. The van der Waals surface area contributed by atoms with Crippen LogP contribution in [0, 0.1) is 11.8 Å². The number of nitrogens with zero attached hydrogens (tertiary/aromatic N) is 1. The van der Waals surface area contributed by atoms with E-state index in [1.165, 1.54) is 9.35 Å². The average molecular weight is 319 g/mol. The lowest BCUT2D eigenvalue weighted by Crippen LogP contribution is -2.34. The van der Waals surface area contributed by atoms with E-state index < -0.39 is 0 Å². The van der Waals surface area contributed by atoms with Crippen molar-refractivity contribution >= 4 is 27.3 Å². The number of hydrogen-bond donors (Lipinski definition) is 1. The van der Waals surface area contributed by atoms with Crippen molar-refractivity contribution in [3.63, 3.8) is 0 Å². The average Bonchev–Trinajstić information content (AvgIpc) is 2.63. The molecule has 1 N–H and O–H groups in total. The van der Waals surface area contributed by atoms with E-state index in [9.17, 15) is 0 Å². The maximum atomic E-state index is 3.50. The first-order valence-electron chi connectivity index (χ1n) is 6.09. The van der Waals surface area contributed by atoms with Gasteiger partial charge in [0.1, 0.15) is 0 Å². The van der Waals surface area contributed by atoms with Crippen LogP contribution in [0.15, 0.2) is 15.9 Å². The van der Waals surface area contributed by atoms with Crippen molar-refractivity contribution < 1.29 is 0 Å². The van der Waals surface area contributed by atoms with E-state index in [4.69, 9.17) is 0 Å². The van der Waals surface area contributed by atoms with Gasteiger partial charge in [-0.3, -0.25) is 0 Å². The summed E-state index contributed by atoms with van der Waals surface area (Å²) in [6.07, 6.45) is 0. The Kier molecular flexibility index (Phi) is 6.70. The Morgan fingerprint density at radius 3 is 2.65 bits per heavy atom. The molecule has 0 bridgehead atoms. The van der Waals surface area contributed by atoms with E-state index in [1.807, 2.05) is 18.4 Å². The number of rotatable bonds is 7. The molecular weight excluding hydrogens is 296 g/mol. The predicted molar refractivity (Wildman–Crippen MR) is 80.6 cm³/mol. The van der Waals surface area contributed by atoms with Crippen molar-refractivity contribution in [1.82, 2.24) is 10.2 Å². The van der Waals surface area contributed by atoms with Crippen molar-refractivity contribution in [2.75, 3.05) is 27.2 Å². The van der Waals surface area contributed by atoms with Gasteiger partial charge in [-0.2, -0.15) is 0 Å². The van der Waals surface area contributed by atoms with Gasteiger partial charge in [0.15, 0.2) is 0 Å². The van der Waals surface area contributed by atoms with E-state index in [2.05, 4.69) is 58.5 Å². The maximum absolute atomic E-state index is 3.50. The summed E-state index contributed by atoms with van der Waals surface area (Å²) in [5, 5.41) is 5.44. The molecule has 4 heteroatoms. The third-order valence-electron chi connectivity index (χ3n) is 3.00. The van der Waals surface area contributed by atoms with Gasteiger partial charge in [0.2, 0.25) is 0 Å². The van der Waals surface area contributed by atoms with Crippen LogP contribution in [0.2, 0.25) is 0 Å². The van der Waals surface area contributed by atoms with Gasteiger partial charge in [0.25, 0.3) is 0 Å². The van der Waals surface area contributed by atoms with Gasteiger partial charge in [-0.1, -0.05) is 13.8 Å². The van der Waals surface area contributed by atoms with E-state index >= 15 is 0 Å². The topological polar surface area (TPSA) is 15.3 Å². The molecule has 0 saturated carbocycles. The Hall–Kier alpha value is 0.1000. The fourth-order valence-corrected chi connectivity index (χ4v) is 3.47. The summed E-state index contributed by atoms with van der Waals surface area (Å²) in [5.41, 5.74) is 0. The molecule has 0 aliphatic rings. The smallest absolute Gasteiger partial charge is 0.0325 e. The second kappa shape index (κ2) is 7.52. The van der Waals surface area contributed by atoms with Gasteiger partial charge < -0.3 is 10.2 Å². The molecule has 0 fully saturated rings. The first kappa shape index (κ1) is 15.2. The third kappa shape index (κ3) is 5.51. The molecule has 0 aliphatic carbocycles. The highest BCUT2D eigenvalue weighted by Gasteiger charge is 2.15. The number of thiophene rings is 1. The summed E-state index contributed by atoms with van der Waals surface area (Å²) in [5.74, 6) is 1.44. The van der Waals surface area contributed by atoms with Crippen LogP contribution in [0.5, 0.6) is 0 Å². The summed E-state index contributed by atoms with van der Waals surface area (Å²) < 4.78 is 1.20. The lowest BCUT2D eigenvalue weighted by atomic mass is 9.95. The minimum atomic E-state index is 0.716. The zero-order chi connectivity index (χ0) is 12.8. The Bertz CT molecular complexity index is 325. The van der Waals surface area contributed by atoms with Crippen LogP contribution in [-0.2, 0) is 6.54 Å². The molecule has 0 saturated heterocycles. The Morgan fingerprint density at radius 1 is 1.47 bits per heavy atom. The molecular formula is C13H23BrN2S. The molecule has 17 heavy (non-hydrogen) atoms. The molecule has 0 spiro atoms. The van der Waals surface area contributed by atoms with Crippen LogP contribution in [-0.4, -0.2) is 32.1 Å². The second-order valence-corrected chi connectivity index (χ2v) is 6.90. The second-order valence-electron chi connectivity index (χ2n) is 4.99. The highest BCUT2D eigenvalue weighted by Crippen LogP contribution is 2.21. The summed E-state index contributed by atoms with van der Waals surface area (Å²) in [6.45, 7) is 7.89. The molecule has 1 rings (SSSR count). The molecule has 1 heterocycles. The molecule has 1 aromatic heterocycles. The first-order chi connectivity index (χ1) is 8.02. The minimum absolute atomic E-state index is 0.716. The van der Waals surface area contributed by atoms with Gasteiger partial charge in [-0.05, 0) is 54.5 Å². The van der Waals surface area contributed by atoms with Crippen molar-refractivity contribution in [3.05, 3.63) is 20.8 Å². The van der Waals surface area contributed by atoms with Gasteiger partial charge in [-0.15, -0.1) is 11.3 Å². The Labute approximate surface area is 118 Å². The fraction of sp³-hybridized carbons (Fsp3) is 0.692. The van der Waals surface area contributed by atoms with Crippen LogP contribution in [0.25, 0.3) is 0 Å². The summed E-state index contributed by atoms with van der Waals surface area (Å²) >= 11 is 5.33. The van der Waals surface area contributed by atoms with Gasteiger partial charge in [-0.25, -0.2) is 0 Å². The Morgan fingerprint density at radius 2 is 2.18 bits per heavy atom. The molecule has 98 valence electrons. The van der Waals surface area contributed by atoms with Crippen LogP contribution >= 0.6 is 27.3 Å². The number of nitrogens with one attached hydrogen (secondary N) is 1. The zero-order valence-electron chi connectivity index (χ0n) is 11.2. The van der Waals surface area contributed by atoms with Gasteiger partial charge in [0.05, 0.1) is 0 Å². The van der Waals surface area contributed by atoms with Crippen molar-refractivity contribution in [2.45, 2.75) is 20.4 Å². The standard InChI is InChI=1S/C13H23BrN2S/c1-10(2)11(6-15-3)7-16(4)8-13-5-12(14)9-17-13/h5,9-11,15H,6-8H2,1-4H3. The SMILES string of the molecule is CNCC(CN(C)Cc1cc(Br)cs1)C(C)C. The molecule has 0 aromatic carbocycles. The van der Waals surface area contributed by atoms with Crippen LogP contribution < -0.4 is 5.32 Å². The monoisotopic (exact) mass is 318 g/mol. The quantitative estimate of drug-likeness (QED) is 0.828. The lowest BCUT2D eigenvalue weighted by molar-refractivity contribution is 0.229. The summed E-state index contributed by atoms with van der Waals surface area (Å²) in [7, 11) is 4.24. The first-order valence-corrected chi connectivity index (χ1v) is 7.76. The highest BCUT2D eigenvalue weighted by molar-refractivity contribution is 9.10. The molecule has 0 amide bonds. The van der Waals surface area contributed by atoms with E-state index in [0.717, 1.165) is 25.6 Å². The van der Waals surface area contributed by atoms with E-state index in [-0.39, 0.29) is 0 Å². The molecule has 1 atom stereocenters. The maximum Gasteiger partial charge on any atom is 0.0325 e. The summed E-state index contributed by atoms with van der Waals surface area (Å²) in [4.78, 5) is 3.84. The van der Waals surface area contributed by atoms with Crippen LogP contribution in [0.4, 0.5) is 0 Å². The normalized spacial score (nSPS) is 13.6. The summed E-state index contributed by atoms with van der Waals surface area (Å²) in [6, 6.07) is 2.21. The van der Waals surface area contributed by atoms with E-state index in [1.54, 1.807) is 0 Å². The molecule has 2 nitrogen and oxygen atoms in total. The van der Waals surface area contributed by atoms with Crippen LogP contribution in [0.1, 0.15) is 18.7 Å². The third-order valence-corrected chi connectivity index (χ3v) is 4.69. The highest BCUT2D eigenvalue weighted by atomic mass is 79.9. The Balaban J connectivity index is 2.44. The number of hydrogen-bond acceptors (Lipinski definition) is 3. The van der Waals surface area contributed by atoms with Crippen molar-refractivity contribution in [3.8, 4) is 0 Å². The van der Waals surface area contributed by atoms with Gasteiger partial charge in [0, 0.05) is 27.8 Å². The molecule has 1 unspecified atom stereocenters. The zero-order valence-corrected chi connectivity index (χ0v) is 13.6. The minimum Gasteiger partial charge on any atom is -0.319 e. The van der Waals surface area contributed by atoms with Crippen molar-refractivity contribution in [1.29, 1.82) is 0 Å². The fourth-order valence-electron chi connectivity index (χ4n) is 1.94. The van der Waals surface area contributed by atoms with E-state index in [0.29, 0.717) is 5.92 Å². The molecule has 0 aliphatic heterocycles. The van der Waals surface area contributed by atoms with Crippen molar-refractivity contribution in [2.24, 2.45) is 11.8 Å². The molecule has 1 aromatic rings. The predicted octanol–water partition coefficient (Wildman–Crippen LogP) is 3.43. The number of halogens is 1.